The van der Waals surface area contributed by atoms with Crippen LogP contribution in [0.4, 0.5) is 0 Å². The van der Waals surface area contributed by atoms with Crippen molar-refractivity contribution in [1.82, 2.24) is 15.2 Å². The van der Waals surface area contributed by atoms with Crippen LogP contribution in [0.25, 0.3) is 20.3 Å². The molecule has 0 aliphatic carbocycles. The van der Waals surface area contributed by atoms with Crippen molar-refractivity contribution in [2.24, 2.45) is 0 Å². The number of hydrogen-bond donors (Lipinski definition) is 1. The Bertz CT molecular complexity index is 941. The fraction of sp³-hybridized carbons (Fsp3) is 0.154. The zero-order valence-electron chi connectivity index (χ0n) is 10.9. The van der Waals surface area contributed by atoms with Crippen molar-refractivity contribution in [3.05, 3.63) is 27.5 Å². The summed E-state index contributed by atoms with van der Waals surface area (Å²) < 4.78 is 8.09. The van der Waals surface area contributed by atoms with Crippen molar-refractivity contribution in [3.8, 4) is 10.9 Å². The number of benzene rings is 1. The molecule has 0 spiro atoms. The SMILES string of the molecule is Cc1nc2c(cc(Oc3nnc(CO)s3)c3ccsc32)s1. The normalized spacial score (nSPS) is 11.5. The maximum absolute atomic E-state index is 9.05. The van der Waals surface area contributed by atoms with E-state index in [9.17, 15) is 0 Å². The molecule has 4 rings (SSSR count). The highest BCUT2D eigenvalue weighted by atomic mass is 32.1. The average molecular weight is 335 g/mol. The monoisotopic (exact) mass is 335 g/mol. The van der Waals surface area contributed by atoms with Gasteiger partial charge in [-0.05, 0) is 18.4 Å². The van der Waals surface area contributed by atoms with E-state index in [1.165, 1.54) is 11.3 Å². The molecule has 0 aliphatic heterocycles. The molecule has 0 atom stereocenters. The lowest BCUT2D eigenvalue weighted by Gasteiger charge is -2.03. The lowest BCUT2D eigenvalue weighted by atomic mass is 10.2. The first-order chi connectivity index (χ1) is 10.2. The highest BCUT2D eigenvalue weighted by Crippen LogP contribution is 2.40. The highest BCUT2D eigenvalue weighted by Gasteiger charge is 2.14. The Labute approximate surface area is 131 Å². The highest BCUT2D eigenvalue weighted by molar-refractivity contribution is 7.21. The lowest BCUT2D eigenvalue weighted by molar-refractivity contribution is 0.280. The number of thiophene rings is 1. The van der Waals surface area contributed by atoms with Crippen LogP contribution in [0.3, 0.4) is 0 Å². The third-order valence-electron chi connectivity index (χ3n) is 2.95. The average Bonchev–Trinajstić information content (AvgIpc) is 3.16. The number of hydrogen-bond acceptors (Lipinski definition) is 8. The lowest BCUT2D eigenvalue weighted by Crippen LogP contribution is -1.84. The van der Waals surface area contributed by atoms with Crippen LogP contribution in [0.2, 0.25) is 0 Å². The third kappa shape index (κ3) is 2.20. The molecular weight excluding hydrogens is 326 g/mol. The van der Waals surface area contributed by atoms with Gasteiger partial charge in [0.2, 0.25) is 0 Å². The van der Waals surface area contributed by atoms with Crippen LogP contribution in [0.5, 0.6) is 10.9 Å². The van der Waals surface area contributed by atoms with Crippen molar-refractivity contribution in [2.45, 2.75) is 13.5 Å². The van der Waals surface area contributed by atoms with Gasteiger partial charge in [-0.25, -0.2) is 4.98 Å². The number of aliphatic hydroxyl groups excluding tert-OH is 1. The van der Waals surface area contributed by atoms with Crippen molar-refractivity contribution in [3.63, 3.8) is 0 Å². The molecule has 5 nitrogen and oxygen atoms in total. The molecule has 0 radical (unpaired) electrons. The second kappa shape index (κ2) is 4.99. The molecule has 1 N–H and O–H groups in total. The molecule has 3 heterocycles. The Kier molecular flexibility index (Phi) is 3.11. The summed E-state index contributed by atoms with van der Waals surface area (Å²) in [4.78, 5) is 4.59. The predicted octanol–water partition coefficient (Wildman–Crippen LogP) is 3.96. The minimum Gasteiger partial charge on any atom is -0.429 e. The number of aryl methyl sites for hydroxylation is 1. The van der Waals surface area contributed by atoms with E-state index < -0.39 is 0 Å². The van der Waals surface area contributed by atoms with Gasteiger partial charge in [-0.3, -0.25) is 0 Å². The van der Waals surface area contributed by atoms with Crippen molar-refractivity contribution in [1.29, 1.82) is 0 Å². The van der Waals surface area contributed by atoms with Crippen LogP contribution in [-0.4, -0.2) is 20.3 Å². The van der Waals surface area contributed by atoms with E-state index in [0.29, 0.717) is 10.2 Å². The topological polar surface area (TPSA) is 68.1 Å². The smallest absolute Gasteiger partial charge is 0.299 e. The second-order valence-corrected chi connectivity index (χ2v) is 7.52. The number of thiazole rings is 1. The molecule has 106 valence electrons. The van der Waals surface area contributed by atoms with Gasteiger partial charge in [0.05, 0.1) is 26.5 Å². The maximum atomic E-state index is 9.05. The van der Waals surface area contributed by atoms with Crippen LogP contribution in [0, 0.1) is 6.92 Å². The number of aliphatic hydroxyl groups is 1. The fourth-order valence-electron chi connectivity index (χ4n) is 2.11. The number of rotatable bonds is 3. The summed E-state index contributed by atoms with van der Waals surface area (Å²) in [6.07, 6.45) is 0. The molecule has 4 aromatic rings. The molecule has 0 aliphatic rings. The summed E-state index contributed by atoms with van der Waals surface area (Å²) >= 11 is 4.55. The van der Waals surface area contributed by atoms with Crippen molar-refractivity contribution in [2.75, 3.05) is 0 Å². The van der Waals surface area contributed by atoms with E-state index in [1.807, 2.05) is 24.4 Å². The largest absolute Gasteiger partial charge is 0.429 e. The molecule has 8 heteroatoms. The van der Waals surface area contributed by atoms with Gasteiger partial charge in [0.25, 0.3) is 5.19 Å². The second-order valence-electron chi connectivity index (χ2n) is 4.34. The van der Waals surface area contributed by atoms with E-state index in [4.69, 9.17) is 9.84 Å². The molecule has 0 amide bonds. The quantitative estimate of drug-likeness (QED) is 0.614. The van der Waals surface area contributed by atoms with Gasteiger partial charge < -0.3 is 9.84 Å². The number of ether oxygens (including phenoxy) is 1. The van der Waals surface area contributed by atoms with E-state index in [-0.39, 0.29) is 6.61 Å². The van der Waals surface area contributed by atoms with Gasteiger partial charge in [-0.1, -0.05) is 16.4 Å². The maximum Gasteiger partial charge on any atom is 0.299 e. The predicted molar refractivity (Wildman–Crippen MR) is 85.6 cm³/mol. The molecule has 0 saturated heterocycles. The van der Waals surface area contributed by atoms with Gasteiger partial charge in [0, 0.05) is 11.5 Å². The first-order valence-corrected chi connectivity index (χ1v) is 8.64. The van der Waals surface area contributed by atoms with Gasteiger partial charge in [0.1, 0.15) is 10.8 Å². The summed E-state index contributed by atoms with van der Waals surface area (Å²) in [5.41, 5.74) is 1.03. The Hall–Kier alpha value is -1.61. The molecule has 0 unspecified atom stereocenters. The first-order valence-electron chi connectivity index (χ1n) is 6.13. The molecule has 0 bridgehead atoms. The van der Waals surface area contributed by atoms with Crippen LogP contribution in [0.15, 0.2) is 17.5 Å². The molecule has 21 heavy (non-hydrogen) atoms. The van der Waals surface area contributed by atoms with Crippen LogP contribution in [-0.2, 0) is 6.61 Å². The fourth-order valence-corrected chi connectivity index (χ4v) is 4.50. The molecule has 3 aromatic heterocycles. The molecule has 1 aromatic carbocycles. The number of fused-ring (bicyclic) bond motifs is 3. The summed E-state index contributed by atoms with van der Waals surface area (Å²) in [5.74, 6) is 0.753. The summed E-state index contributed by atoms with van der Waals surface area (Å²) in [6, 6.07) is 4.02. The van der Waals surface area contributed by atoms with Gasteiger partial charge in [-0.15, -0.1) is 27.8 Å². The minimum absolute atomic E-state index is 0.123. The molecule has 0 saturated carbocycles. The first kappa shape index (κ1) is 13.1. The minimum atomic E-state index is -0.123. The molecular formula is C13H9N3O2S3. The summed E-state index contributed by atoms with van der Waals surface area (Å²) in [7, 11) is 0. The standard InChI is InChI=1S/C13H9N3O2S3/c1-6-14-11-9(20-6)4-8(7-2-3-19-12(7)11)18-13-16-15-10(5-17)21-13/h2-4,17H,5H2,1H3. The van der Waals surface area contributed by atoms with Crippen molar-refractivity contribution < 1.29 is 9.84 Å². The number of aromatic nitrogens is 3. The summed E-state index contributed by atoms with van der Waals surface area (Å²) in [6.45, 7) is 1.88. The van der Waals surface area contributed by atoms with Gasteiger partial charge in [-0.2, -0.15) is 0 Å². The van der Waals surface area contributed by atoms with Crippen LogP contribution < -0.4 is 4.74 Å². The van der Waals surface area contributed by atoms with E-state index >= 15 is 0 Å². The van der Waals surface area contributed by atoms with Crippen LogP contribution >= 0.6 is 34.0 Å². The Morgan fingerprint density at radius 3 is 3.00 bits per heavy atom. The Morgan fingerprint density at radius 2 is 2.19 bits per heavy atom. The van der Waals surface area contributed by atoms with Crippen LogP contribution in [0.1, 0.15) is 10.0 Å². The van der Waals surface area contributed by atoms with Gasteiger partial charge >= 0.3 is 0 Å². The zero-order valence-corrected chi connectivity index (χ0v) is 13.3. The van der Waals surface area contributed by atoms with E-state index in [2.05, 4.69) is 15.2 Å². The Morgan fingerprint density at radius 1 is 1.29 bits per heavy atom. The van der Waals surface area contributed by atoms with Gasteiger partial charge in [0.15, 0.2) is 0 Å². The Balaban J connectivity index is 1.87. The third-order valence-corrected chi connectivity index (χ3v) is 5.57. The van der Waals surface area contributed by atoms with E-state index in [0.717, 1.165) is 31.1 Å². The number of nitrogens with zero attached hydrogens (tertiary/aromatic N) is 3. The molecule has 0 fully saturated rings. The zero-order chi connectivity index (χ0) is 14.4. The summed E-state index contributed by atoms with van der Waals surface area (Å²) in [5, 5.41) is 21.9. The van der Waals surface area contributed by atoms with Crippen molar-refractivity contribution >= 4 is 54.3 Å². The van der Waals surface area contributed by atoms with E-state index in [1.54, 1.807) is 22.7 Å².